The van der Waals surface area contributed by atoms with E-state index in [1.165, 1.54) is 30.9 Å². The van der Waals surface area contributed by atoms with Gasteiger partial charge in [-0.05, 0) is 51.9 Å². The van der Waals surface area contributed by atoms with E-state index < -0.39 is 8.07 Å². The second-order valence-electron chi connectivity index (χ2n) is 14.0. The van der Waals surface area contributed by atoms with Crippen LogP contribution in [0.4, 0.5) is 0 Å². The van der Waals surface area contributed by atoms with E-state index in [-0.39, 0.29) is 25.5 Å². The molecule has 3 aromatic carbocycles. The first-order chi connectivity index (χ1) is 21.4. The van der Waals surface area contributed by atoms with Crippen molar-refractivity contribution in [2.75, 3.05) is 0 Å². The van der Waals surface area contributed by atoms with Gasteiger partial charge in [0, 0.05) is 44.2 Å². The smallest absolute Gasteiger partial charge is 0.0804 e. The van der Waals surface area contributed by atoms with Crippen LogP contribution in [0.25, 0.3) is 53.9 Å². The molecule has 46 heavy (non-hydrogen) atoms. The molecule has 0 N–H and O–H groups in total. The molecule has 0 aliphatic heterocycles. The van der Waals surface area contributed by atoms with Crippen molar-refractivity contribution < 1.29 is 20.1 Å². The Labute approximate surface area is 291 Å². The van der Waals surface area contributed by atoms with Crippen molar-refractivity contribution in [2.45, 2.75) is 53.8 Å². The Balaban J connectivity index is 0.000000179. The van der Waals surface area contributed by atoms with Crippen molar-refractivity contribution >= 4 is 55.8 Å². The van der Waals surface area contributed by atoms with Gasteiger partial charge in [-0.3, -0.25) is 9.97 Å². The van der Waals surface area contributed by atoms with Crippen molar-refractivity contribution in [1.29, 1.82) is 0 Å². The molecule has 0 spiro atoms. The topological polar surface area (TPSA) is 43.6 Å². The Bertz CT molecular complexity index is 2140. The minimum absolute atomic E-state index is 0. The summed E-state index contributed by atoms with van der Waals surface area (Å²) >= 11 is 1.81. The molecule has 0 amide bonds. The van der Waals surface area contributed by atoms with Crippen molar-refractivity contribution in [3.05, 3.63) is 109 Å². The van der Waals surface area contributed by atoms with Crippen LogP contribution in [-0.4, -0.2) is 27.6 Å². The zero-order valence-electron chi connectivity index (χ0n) is 27.8. The molecule has 4 heterocycles. The Morgan fingerprint density at radius 1 is 0.870 bits per heavy atom. The van der Waals surface area contributed by atoms with Gasteiger partial charge in [0.05, 0.1) is 30.6 Å². The van der Waals surface area contributed by atoms with Gasteiger partial charge in [0.15, 0.2) is 0 Å². The molecular formula is C39H40IrN4SSi-2. The molecule has 7 rings (SSSR count). The number of aryl methyl sites for hydroxylation is 2. The van der Waals surface area contributed by atoms with Gasteiger partial charge in [0.25, 0.3) is 0 Å². The van der Waals surface area contributed by atoms with Crippen LogP contribution in [0.3, 0.4) is 0 Å². The van der Waals surface area contributed by atoms with E-state index >= 15 is 0 Å². The van der Waals surface area contributed by atoms with Gasteiger partial charge in [-0.1, -0.05) is 75.6 Å². The largest absolute Gasteiger partial charge is 0.365 e. The maximum atomic E-state index is 4.81. The molecule has 0 saturated heterocycles. The number of pyridine rings is 2. The number of aromatic nitrogens is 4. The van der Waals surface area contributed by atoms with Gasteiger partial charge in [-0.15, -0.1) is 59.7 Å². The zero-order chi connectivity index (χ0) is 31.9. The molecule has 237 valence electrons. The Kier molecular flexibility index (Phi) is 9.81. The van der Waals surface area contributed by atoms with Crippen LogP contribution in [0.5, 0.6) is 0 Å². The van der Waals surface area contributed by atoms with E-state index in [0.717, 1.165) is 45.8 Å². The van der Waals surface area contributed by atoms with Crippen LogP contribution in [-0.2, 0) is 33.6 Å². The van der Waals surface area contributed by atoms with Crippen molar-refractivity contribution in [2.24, 2.45) is 12.5 Å². The van der Waals surface area contributed by atoms with Crippen LogP contribution in [0.15, 0.2) is 85.2 Å². The molecule has 4 aromatic heterocycles. The molecule has 7 aromatic rings. The summed E-state index contributed by atoms with van der Waals surface area (Å²) in [6, 6.07) is 31.8. The fourth-order valence-electron chi connectivity index (χ4n) is 5.97. The van der Waals surface area contributed by atoms with E-state index in [2.05, 4.69) is 117 Å². The number of hydrogen-bond donors (Lipinski definition) is 0. The van der Waals surface area contributed by atoms with Crippen LogP contribution in [0, 0.1) is 24.5 Å². The first kappa shape index (κ1) is 33.9. The quantitative estimate of drug-likeness (QED) is 0.131. The summed E-state index contributed by atoms with van der Waals surface area (Å²) in [7, 11) is 0.671. The standard InChI is InChI=1S/C20H14N3S.C19H26NSi.Ir/c1-12-19-16(9-10-21-12)22-20(23(19)2)13-7-8-18-15(11-13)14-5-3-4-6-17(14)24-18;1-19(2,3)13-16-12-17(15-10-8-7-9-11-15)20-14-18(16)21(4,5)6;/h3-6,8-11H,1-2H3;7-10,12,14H,13H2,1-6H3;/q2*-1;. The number of rotatable bonds is 4. The SMILES string of the molecule is CC(C)(C)Cc1cc(-c2[c-]cccc2)ncc1[Si](C)(C)C.Cc1nccc2nc(-c3[c-]cc4sc5ccccc5c4c3)n(C)c12.[Ir]. The Morgan fingerprint density at radius 2 is 1.63 bits per heavy atom. The van der Waals surface area contributed by atoms with E-state index in [9.17, 15) is 0 Å². The Morgan fingerprint density at radius 3 is 2.33 bits per heavy atom. The fourth-order valence-corrected chi connectivity index (χ4v) is 8.62. The number of thiophene rings is 1. The maximum Gasteiger partial charge on any atom is 0.0804 e. The maximum absolute atomic E-state index is 4.81. The summed E-state index contributed by atoms with van der Waals surface area (Å²) in [5.41, 5.74) is 7.93. The van der Waals surface area contributed by atoms with Gasteiger partial charge in [-0.2, -0.15) is 11.3 Å². The molecular weight excluding hydrogens is 777 g/mol. The normalized spacial score (nSPS) is 11.8. The predicted octanol–water partition coefficient (Wildman–Crippen LogP) is 9.79. The van der Waals surface area contributed by atoms with Crippen molar-refractivity contribution in [3.8, 4) is 22.6 Å². The van der Waals surface area contributed by atoms with Crippen LogP contribution in [0.2, 0.25) is 19.6 Å². The average molecular weight is 817 g/mol. The fraction of sp³-hybridized carbons (Fsp3) is 0.256. The molecule has 0 atom stereocenters. The Hall–Kier alpha value is -3.48. The summed E-state index contributed by atoms with van der Waals surface area (Å²) in [6.07, 6.45) is 5.02. The number of imidazole rings is 1. The van der Waals surface area contributed by atoms with Crippen LogP contribution in [0.1, 0.15) is 32.0 Å². The van der Waals surface area contributed by atoms with Gasteiger partial charge in [-0.25, -0.2) is 0 Å². The molecule has 0 aliphatic carbocycles. The zero-order valence-corrected chi connectivity index (χ0v) is 32.0. The van der Waals surface area contributed by atoms with Crippen molar-refractivity contribution in [1.82, 2.24) is 19.5 Å². The van der Waals surface area contributed by atoms with E-state index in [4.69, 9.17) is 9.97 Å². The summed E-state index contributed by atoms with van der Waals surface area (Å²) in [6.45, 7) is 16.1. The summed E-state index contributed by atoms with van der Waals surface area (Å²) in [4.78, 5) is 13.9. The van der Waals surface area contributed by atoms with Crippen molar-refractivity contribution in [3.63, 3.8) is 0 Å². The predicted molar refractivity (Wildman–Crippen MR) is 195 cm³/mol. The molecule has 0 fully saturated rings. The van der Waals surface area contributed by atoms with Gasteiger partial charge >= 0.3 is 0 Å². The second-order valence-corrected chi connectivity index (χ2v) is 20.1. The van der Waals surface area contributed by atoms with E-state index in [1.807, 2.05) is 55.8 Å². The number of benzene rings is 3. The molecule has 0 bridgehead atoms. The van der Waals surface area contributed by atoms with Gasteiger partial charge < -0.3 is 9.55 Å². The molecule has 0 saturated carbocycles. The minimum Gasteiger partial charge on any atom is -0.365 e. The molecule has 0 unspecified atom stereocenters. The van der Waals surface area contributed by atoms with Crippen LogP contribution < -0.4 is 5.19 Å². The average Bonchev–Trinajstić information content (AvgIpc) is 3.54. The molecule has 0 aliphatic rings. The third kappa shape index (κ3) is 7.08. The summed E-state index contributed by atoms with van der Waals surface area (Å²) in [5.74, 6) is 0.929. The molecule has 4 nitrogen and oxygen atoms in total. The van der Waals surface area contributed by atoms with E-state index in [1.54, 1.807) is 0 Å². The number of hydrogen-bond acceptors (Lipinski definition) is 4. The minimum atomic E-state index is -1.37. The third-order valence-electron chi connectivity index (χ3n) is 8.02. The number of fused-ring (bicyclic) bond motifs is 4. The van der Waals surface area contributed by atoms with Crippen LogP contribution >= 0.6 is 11.3 Å². The summed E-state index contributed by atoms with van der Waals surface area (Å²) in [5, 5.41) is 4.05. The molecule has 7 heteroatoms. The van der Waals surface area contributed by atoms with Gasteiger partial charge in [0.2, 0.25) is 0 Å². The number of nitrogens with zero attached hydrogens (tertiary/aromatic N) is 4. The first-order valence-corrected chi connectivity index (χ1v) is 19.8. The monoisotopic (exact) mass is 817 g/mol. The van der Waals surface area contributed by atoms with Gasteiger partial charge in [0.1, 0.15) is 0 Å². The molecule has 1 radical (unpaired) electrons. The first-order valence-electron chi connectivity index (χ1n) is 15.5. The second kappa shape index (κ2) is 13.3. The van der Waals surface area contributed by atoms with E-state index in [0.29, 0.717) is 0 Å². The summed E-state index contributed by atoms with van der Waals surface area (Å²) < 4.78 is 4.68. The third-order valence-corrected chi connectivity index (χ3v) is 11.2.